The minimum absolute atomic E-state index is 0.181. The number of carbonyl (C=O) groups is 1. The lowest BCUT2D eigenvalue weighted by Crippen LogP contribution is -2.37. The number of ether oxygens (including phenoxy) is 2. The van der Waals surface area contributed by atoms with Crippen molar-refractivity contribution in [1.82, 2.24) is 10.4 Å². The molecule has 1 aromatic carbocycles. The number of amides is 1. The first-order valence-corrected chi connectivity index (χ1v) is 10.2. The van der Waals surface area contributed by atoms with Crippen LogP contribution < -0.4 is 15.1 Å². The van der Waals surface area contributed by atoms with Crippen LogP contribution in [0.1, 0.15) is 23.0 Å². The molecule has 0 unspecified atom stereocenters. The fourth-order valence-electron chi connectivity index (χ4n) is 3.26. The molecule has 0 saturated carbocycles. The average Bonchev–Trinajstić information content (AvgIpc) is 3.31. The third kappa shape index (κ3) is 5.10. The first-order valence-electron chi connectivity index (χ1n) is 10.2. The number of hydrogen-bond acceptors (Lipinski definition) is 7. The van der Waals surface area contributed by atoms with Crippen LogP contribution in [0.25, 0.3) is 11.3 Å². The molecule has 0 bridgehead atoms. The first kappa shape index (κ1) is 20.6. The smallest absolute Gasteiger partial charge is 0.307 e. The van der Waals surface area contributed by atoms with Crippen LogP contribution in [0.3, 0.4) is 0 Å². The van der Waals surface area contributed by atoms with Gasteiger partial charge in [0, 0.05) is 30.4 Å². The van der Waals surface area contributed by atoms with Crippen molar-refractivity contribution in [3.8, 4) is 17.1 Å². The molecule has 4 rings (SSSR count). The largest absolute Gasteiger partial charge is 0.494 e. The van der Waals surface area contributed by atoms with Crippen molar-refractivity contribution in [2.45, 2.75) is 6.92 Å². The number of anilines is 1. The lowest BCUT2D eigenvalue weighted by molar-refractivity contribution is 0.0928. The molecule has 1 aliphatic rings. The van der Waals surface area contributed by atoms with Crippen LogP contribution in [-0.2, 0) is 4.74 Å². The summed E-state index contributed by atoms with van der Waals surface area (Å²) < 4.78 is 16.5. The number of nitrogens with one attached hydrogen (secondary N) is 1. The number of carbonyl (C=O) groups excluding carboxylic acids is 1. The van der Waals surface area contributed by atoms with Crippen molar-refractivity contribution in [2.24, 2.45) is 5.10 Å². The molecule has 1 fully saturated rings. The van der Waals surface area contributed by atoms with Crippen molar-refractivity contribution in [1.29, 1.82) is 0 Å². The predicted octanol–water partition coefficient (Wildman–Crippen LogP) is 3.34. The summed E-state index contributed by atoms with van der Waals surface area (Å²) >= 11 is 0. The van der Waals surface area contributed by atoms with Crippen LogP contribution >= 0.6 is 0 Å². The molecule has 3 heterocycles. The molecular weight excluding hydrogens is 396 g/mol. The van der Waals surface area contributed by atoms with Crippen molar-refractivity contribution < 1.29 is 18.7 Å². The number of benzene rings is 1. The number of rotatable bonds is 7. The molecule has 1 aliphatic heterocycles. The Morgan fingerprint density at radius 3 is 2.77 bits per heavy atom. The summed E-state index contributed by atoms with van der Waals surface area (Å²) in [5, 5.41) is 4.09. The number of nitrogens with zero attached hydrogens (tertiary/aromatic N) is 3. The summed E-state index contributed by atoms with van der Waals surface area (Å²) in [6.45, 7) is 5.41. The third-order valence-corrected chi connectivity index (χ3v) is 4.78. The Balaban J connectivity index is 1.40. The van der Waals surface area contributed by atoms with E-state index in [1.807, 2.05) is 43.3 Å². The van der Waals surface area contributed by atoms with Gasteiger partial charge in [-0.05, 0) is 55.5 Å². The second-order valence-electron chi connectivity index (χ2n) is 6.84. The number of furan rings is 1. The second-order valence-corrected chi connectivity index (χ2v) is 6.84. The zero-order chi connectivity index (χ0) is 21.5. The molecule has 31 heavy (non-hydrogen) atoms. The van der Waals surface area contributed by atoms with E-state index in [2.05, 4.69) is 20.4 Å². The molecule has 0 atom stereocenters. The molecule has 1 saturated heterocycles. The van der Waals surface area contributed by atoms with E-state index in [1.165, 1.54) is 0 Å². The Morgan fingerprint density at radius 2 is 2.00 bits per heavy atom. The van der Waals surface area contributed by atoms with Gasteiger partial charge in [-0.1, -0.05) is 0 Å². The summed E-state index contributed by atoms with van der Waals surface area (Å²) in [5.41, 5.74) is 4.19. The van der Waals surface area contributed by atoms with E-state index in [0.717, 1.165) is 35.8 Å². The normalized spacial score (nSPS) is 14.0. The number of morpholine rings is 1. The van der Waals surface area contributed by atoms with Crippen molar-refractivity contribution in [3.05, 3.63) is 66.1 Å². The SMILES string of the molecule is CCOc1ccc(-c2ccc(C(=O)NN=Cc3cccnc3N3CCOCC3)o2)cc1. The minimum atomic E-state index is -0.426. The summed E-state index contributed by atoms with van der Waals surface area (Å²) in [6, 6.07) is 14.6. The summed E-state index contributed by atoms with van der Waals surface area (Å²) in [5.74, 6) is 1.96. The van der Waals surface area contributed by atoms with Gasteiger partial charge in [0.25, 0.3) is 0 Å². The number of pyridine rings is 1. The Morgan fingerprint density at radius 1 is 1.19 bits per heavy atom. The molecule has 8 nitrogen and oxygen atoms in total. The van der Waals surface area contributed by atoms with Gasteiger partial charge in [0.15, 0.2) is 5.76 Å². The molecule has 0 aliphatic carbocycles. The maximum Gasteiger partial charge on any atom is 0.307 e. The Hall–Kier alpha value is -3.65. The Labute approximate surface area is 180 Å². The minimum Gasteiger partial charge on any atom is -0.494 e. The van der Waals surface area contributed by atoms with Gasteiger partial charge in [-0.3, -0.25) is 4.79 Å². The van der Waals surface area contributed by atoms with Crippen LogP contribution in [0.2, 0.25) is 0 Å². The van der Waals surface area contributed by atoms with Crippen LogP contribution in [0.15, 0.2) is 64.2 Å². The van der Waals surface area contributed by atoms with E-state index in [0.29, 0.717) is 25.6 Å². The van der Waals surface area contributed by atoms with E-state index in [-0.39, 0.29) is 5.76 Å². The molecule has 1 amide bonds. The number of hydrazone groups is 1. The van der Waals surface area contributed by atoms with E-state index in [9.17, 15) is 4.79 Å². The van der Waals surface area contributed by atoms with Gasteiger partial charge < -0.3 is 18.8 Å². The molecule has 160 valence electrons. The summed E-state index contributed by atoms with van der Waals surface area (Å²) in [6.07, 6.45) is 3.33. The lowest BCUT2D eigenvalue weighted by Gasteiger charge is -2.28. The fraction of sp³-hybridized carbons (Fsp3) is 0.261. The van der Waals surface area contributed by atoms with Gasteiger partial charge in [0.1, 0.15) is 17.3 Å². The first-order chi connectivity index (χ1) is 15.2. The predicted molar refractivity (Wildman–Crippen MR) is 118 cm³/mol. The molecule has 2 aromatic heterocycles. The highest BCUT2D eigenvalue weighted by Crippen LogP contribution is 2.24. The monoisotopic (exact) mass is 420 g/mol. The molecule has 1 N–H and O–H groups in total. The maximum atomic E-state index is 12.4. The second kappa shape index (κ2) is 9.90. The lowest BCUT2D eigenvalue weighted by atomic mass is 10.2. The zero-order valence-electron chi connectivity index (χ0n) is 17.3. The summed E-state index contributed by atoms with van der Waals surface area (Å²) in [7, 11) is 0. The molecule has 0 spiro atoms. The standard InChI is InChI=1S/C23H24N4O4/c1-2-30-19-7-5-17(6-8-19)20-9-10-21(31-20)23(28)26-25-16-18-4-3-11-24-22(18)27-12-14-29-15-13-27/h3-11,16H,2,12-15H2,1H3,(H,26,28). The van der Waals surface area contributed by atoms with E-state index in [1.54, 1.807) is 24.5 Å². The third-order valence-electron chi connectivity index (χ3n) is 4.78. The van der Waals surface area contributed by atoms with Crippen LogP contribution in [-0.4, -0.2) is 50.0 Å². The van der Waals surface area contributed by atoms with E-state index >= 15 is 0 Å². The van der Waals surface area contributed by atoms with Gasteiger partial charge in [0.2, 0.25) is 0 Å². The van der Waals surface area contributed by atoms with E-state index in [4.69, 9.17) is 13.9 Å². The molecule has 8 heteroatoms. The topological polar surface area (TPSA) is 89.2 Å². The number of aromatic nitrogens is 1. The van der Waals surface area contributed by atoms with Gasteiger partial charge in [-0.15, -0.1) is 0 Å². The van der Waals surface area contributed by atoms with Gasteiger partial charge in [0.05, 0.1) is 26.0 Å². The van der Waals surface area contributed by atoms with Crippen molar-refractivity contribution >= 4 is 17.9 Å². The molecule has 3 aromatic rings. The maximum absolute atomic E-state index is 12.4. The quantitative estimate of drug-likeness (QED) is 0.466. The van der Waals surface area contributed by atoms with Crippen molar-refractivity contribution in [2.75, 3.05) is 37.8 Å². The fourth-order valence-corrected chi connectivity index (χ4v) is 3.26. The molecular formula is C23H24N4O4. The highest BCUT2D eigenvalue weighted by atomic mass is 16.5. The van der Waals surface area contributed by atoms with E-state index < -0.39 is 5.91 Å². The summed E-state index contributed by atoms with van der Waals surface area (Å²) in [4.78, 5) is 19.0. The van der Waals surface area contributed by atoms with Gasteiger partial charge in [-0.2, -0.15) is 5.10 Å². The number of hydrogen-bond donors (Lipinski definition) is 1. The van der Waals surface area contributed by atoms with Crippen LogP contribution in [0, 0.1) is 0 Å². The average molecular weight is 420 g/mol. The van der Waals surface area contributed by atoms with Crippen LogP contribution in [0.5, 0.6) is 5.75 Å². The highest BCUT2D eigenvalue weighted by Gasteiger charge is 2.15. The Kier molecular flexibility index (Phi) is 6.59. The van der Waals surface area contributed by atoms with Gasteiger partial charge in [-0.25, -0.2) is 10.4 Å². The van der Waals surface area contributed by atoms with Crippen LogP contribution in [0.4, 0.5) is 5.82 Å². The van der Waals surface area contributed by atoms with Gasteiger partial charge >= 0.3 is 5.91 Å². The van der Waals surface area contributed by atoms with Crippen molar-refractivity contribution in [3.63, 3.8) is 0 Å². The molecule has 0 radical (unpaired) electrons. The Bertz CT molecular complexity index is 1040. The zero-order valence-corrected chi connectivity index (χ0v) is 17.3. The highest BCUT2D eigenvalue weighted by molar-refractivity contribution is 5.93.